The summed E-state index contributed by atoms with van der Waals surface area (Å²) in [5, 5.41) is 7.53. The van der Waals surface area contributed by atoms with Gasteiger partial charge in [0.1, 0.15) is 0 Å². The van der Waals surface area contributed by atoms with Gasteiger partial charge in [-0.15, -0.1) is 0 Å². The van der Waals surface area contributed by atoms with Crippen molar-refractivity contribution in [2.24, 2.45) is 0 Å². The number of para-hydroxylation sites is 5. The standard InChI is InChI=1S/C54H35N3/c1-4-17-40(18-5-1)55-48-25-12-11-24-44(48)47-34-38(28-31-50(47)55)36-15-14-16-37(33-36)39-27-29-46-52(35-39)56(41-19-6-2-7-20-41)51-32-30-45-43-23-10-13-26-49(43)57(54(45)53(46)51)42-21-8-3-9-22-42/h1-35H. The maximum absolute atomic E-state index is 2.45. The zero-order chi connectivity index (χ0) is 37.5. The van der Waals surface area contributed by atoms with E-state index in [0.717, 1.165) is 11.4 Å². The molecule has 3 heteroatoms. The van der Waals surface area contributed by atoms with Crippen molar-refractivity contribution in [3.63, 3.8) is 0 Å². The van der Waals surface area contributed by atoms with Crippen molar-refractivity contribution in [3.8, 4) is 39.3 Å². The summed E-state index contributed by atoms with van der Waals surface area (Å²) in [6, 6.07) is 77.4. The Hall–Kier alpha value is -7.62. The number of hydrogen-bond donors (Lipinski definition) is 0. The van der Waals surface area contributed by atoms with Gasteiger partial charge in [-0.3, -0.25) is 0 Å². The first-order chi connectivity index (χ1) is 28.3. The first kappa shape index (κ1) is 31.7. The van der Waals surface area contributed by atoms with Crippen molar-refractivity contribution in [2.75, 3.05) is 0 Å². The molecule has 0 fully saturated rings. The van der Waals surface area contributed by atoms with Crippen LogP contribution in [0.3, 0.4) is 0 Å². The molecule has 0 aliphatic carbocycles. The van der Waals surface area contributed by atoms with E-state index in [1.807, 2.05) is 0 Å². The lowest BCUT2D eigenvalue weighted by atomic mass is 9.97. The van der Waals surface area contributed by atoms with Crippen LogP contribution >= 0.6 is 0 Å². The highest BCUT2D eigenvalue weighted by Crippen LogP contribution is 2.43. The normalized spacial score (nSPS) is 11.9. The Bertz CT molecular complexity index is 3500. The fourth-order valence-corrected chi connectivity index (χ4v) is 9.32. The number of hydrogen-bond acceptors (Lipinski definition) is 0. The van der Waals surface area contributed by atoms with Gasteiger partial charge in [0, 0.05) is 49.4 Å². The molecule has 12 aromatic rings. The second-order valence-electron chi connectivity index (χ2n) is 14.9. The number of benzene rings is 9. The van der Waals surface area contributed by atoms with E-state index in [0.29, 0.717) is 0 Å². The van der Waals surface area contributed by atoms with Gasteiger partial charge in [0.2, 0.25) is 0 Å². The van der Waals surface area contributed by atoms with Crippen LogP contribution in [-0.4, -0.2) is 13.7 Å². The first-order valence-electron chi connectivity index (χ1n) is 19.6. The van der Waals surface area contributed by atoms with Crippen molar-refractivity contribution in [2.45, 2.75) is 0 Å². The highest BCUT2D eigenvalue weighted by Gasteiger charge is 2.21. The lowest BCUT2D eigenvalue weighted by molar-refractivity contribution is 1.17. The molecule has 12 rings (SSSR count). The van der Waals surface area contributed by atoms with Crippen molar-refractivity contribution in [3.05, 3.63) is 212 Å². The minimum absolute atomic E-state index is 1.15. The van der Waals surface area contributed by atoms with Crippen LogP contribution in [0.15, 0.2) is 212 Å². The number of aromatic nitrogens is 3. The molecule has 0 N–H and O–H groups in total. The SMILES string of the molecule is c1ccc(-n2c3ccccc3c3cc(-c4cccc(-c5ccc6c7c(ccc8c9ccccc9n(-c9ccccc9)c87)n(-c7ccccc7)c6c5)c4)ccc32)cc1. The molecule has 3 nitrogen and oxygen atoms in total. The van der Waals surface area contributed by atoms with Crippen molar-refractivity contribution in [1.82, 2.24) is 13.7 Å². The van der Waals surface area contributed by atoms with Crippen LogP contribution in [0.2, 0.25) is 0 Å². The summed E-state index contributed by atoms with van der Waals surface area (Å²) in [4.78, 5) is 0. The van der Waals surface area contributed by atoms with Gasteiger partial charge in [0.05, 0.1) is 33.1 Å². The molecule has 0 saturated heterocycles. The van der Waals surface area contributed by atoms with Crippen LogP contribution in [0, 0.1) is 0 Å². The van der Waals surface area contributed by atoms with Crippen LogP contribution in [0.1, 0.15) is 0 Å². The van der Waals surface area contributed by atoms with Crippen LogP contribution in [0.4, 0.5) is 0 Å². The Kier molecular flexibility index (Phi) is 6.93. The minimum atomic E-state index is 1.15. The van der Waals surface area contributed by atoms with Gasteiger partial charge in [-0.25, -0.2) is 0 Å². The highest BCUT2D eigenvalue weighted by atomic mass is 15.0. The van der Waals surface area contributed by atoms with Crippen LogP contribution < -0.4 is 0 Å². The molecule has 0 bridgehead atoms. The fraction of sp³-hybridized carbons (Fsp3) is 0. The molecule has 0 spiro atoms. The monoisotopic (exact) mass is 725 g/mol. The van der Waals surface area contributed by atoms with Gasteiger partial charge in [-0.2, -0.15) is 0 Å². The van der Waals surface area contributed by atoms with Crippen molar-refractivity contribution >= 4 is 65.4 Å². The fourth-order valence-electron chi connectivity index (χ4n) is 9.32. The molecule has 0 aliphatic rings. The lowest BCUT2D eigenvalue weighted by Crippen LogP contribution is -1.95. The molecule has 0 atom stereocenters. The Morgan fingerprint density at radius 2 is 0.684 bits per heavy atom. The third-order valence-corrected chi connectivity index (χ3v) is 11.8. The maximum atomic E-state index is 2.45. The molecule has 3 heterocycles. The molecular formula is C54H35N3. The summed E-state index contributed by atoms with van der Waals surface area (Å²) in [6.45, 7) is 0. The molecule has 266 valence electrons. The maximum Gasteiger partial charge on any atom is 0.0641 e. The van der Waals surface area contributed by atoms with Gasteiger partial charge in [0.15, 0.2) is 0 Å². The molecule has 0 radical (unpaired) electrons. The molecule has 0 unspecified atom stereocenters. The van der Waals surface area contributed by atoms with Gasteiger partial charge in [-0.1, -0.05) is 133 Å². The van der Waals surface area contributed by atoms with E-state index in [1.54, 1.807) is 0 Å². The zero-order valence-corrected chi connectivity index (χ0v) is 31.0. The van der Waals surface area contributed by atoms with E-state index in [4.69, 9.17) is 0 Å². The van der Waals surface area contributed by atoms with Crippen LogP contribution in [0.5, 0.6) is 0 Å². The third kappa shape index (κ3) is 4.79. The Morgan fingerprint density at radius 3 is 1.35 bits per heavy atom. The topological polar surface area (TPSA) is 14.8 Å². The molecule has 0 amide bonds. The van der Waals surface area contributed by atoms with Crippen molar-refractivity contribution in [1.29, 1.82) is 0 Å². The quantitative estimate of drug-likeness (QED) is 0.168. The zero-order valence-electron chi connectivity index (χ0n) is 31.0. The predicted octanol–water partition coefficient (Wildman–Crippen LogP) is 14.3. The largest absolute Gasteiger partial charge is 0.309 e. The van der Waals surface area contributed by atoms with Crippen molar-refractivity contribution < 1.29 is 0 Å². The Labute approximate surface area is 329 Å². The van der Waals surface area contributed by atoms with Gasteiger partial charge >= 0.3 is 0 Å². The number of fused-ring (bicyclic) bond motifs is 10. The number of nitrogens with zero attached hydrogens (tertiary/aromatic N) is 3. The smallest absolute Gasteiger partial charge is 0.0641 e. The summed E-state index contributed by atoms with van der Waals surface area (Å²) < 4.78 is 7.27. The average molecular weight is 726 g/mol. The number of rotatable bonds is 5. The van der Waals surface area contributed by atoms with E-state index < -0.39 is 0 Å². The first-order valence-corrected chi connectivity index (χ1v) is 19.6. The van der Waals surface area contributed by atoms with E-state index >= 15 is 0 Å². The Balaban J connectivity index is 1.07. The molecule has 9 aromatic carbocycles. The van der Waals surface area contributed by atoms with Gasteiger partial charge < -0.3 is 13.7 Å². The van der Waals surface area contributed by atoms with E-state index in [1.165, 1.54) is 93.4 Å². The van der Waals surface area contributed by atoms with E-state index in [9.17, 15) is 0 Å². The summed E-state index contributed by atoms with van der Waals surface area (Å²) in [5.41, 5.74) is 15.5. The molecule has 0 aliphatic heterocycles. The summed E-state index contributed by atoms with van der Waals surface area (Å²) in [6.07, 6.45) is 0. The lowest BCUT2D eigenvalue weighted by Gasteiger charge is -2.10. The average Bonchev–Trinajstić information content (AvgIpc) is 3.92. The molecule has 57 heavy (non-hydrogen) atoms. The van der Waals surface area contributed by atoms with E-state index in [2.05, 4.69) is 226 Å². The van der Waals surface area contributed by atoms with Gasteiger partial charge in [-0.05, 0) is 101 Å². The molecular weight excluding hydrogens is 691 g/mol. The summed E-state index contributed by atoms with van der Waals surface area (Å²) >= 11 is 0. The van der Waals surface area contributed by atoms with Gasteiger partial charge in [0.25, 0.3) is 0 Å². The molecule has 3 aromatic heterocycles. The summed E-state index contributed by atoms with van der Waals surface area (Å²) in [5.74, 6) is 0. The third-order valence-electron chi connectivity index (χ3n) is 11.8. The minimum Gasteiger partial charge on any atom is -0.309 e. The second kappa shape index (κ2) is 12.5. The highest BCUT2D eigenvalue weighted by molar-refractivity contribution is 6.26. The van der Waals surface area contributed by atoms with Crippen LogP contribution in [0.25, 0.3) is 105 Å². The molecule has 0 saturated carbocycles. The second-order valence-corrected chi connectivity index (χ2v) is 14.9. The van der Waals surface area contributed by atoms with Crippen LogP contribution in [-0.2, 0) is 0 Å². The predicted molar refractivity (Wildman–Crippen MR) is 240 cm³/mol. The van der Waals surface area contributed by atoms with E-state index in [-0.39, 0.29) is 0 Å². The Morgan fingerprint density at radius 1 is 0.228 bits per heavy atom. The summed E-state index contributed by atoms with van der Waals surface area (Å²) in [7, 11) is 0.